The molecule has 0 aromatic heterocycles. The van der Waals surface area contributed by atoms with E-state index in [0.717, 1.165) is 0 Å². The molecule has 1 heterocycles. The second-order valence-corrected chi connectivity index (χ2v) is 5.31. The molecule has 0 fully saturated rings. The molecule has 5 nitrogen and oxygen atoms in total. The molecule has 1 aliphatic rings. The van der Waals surface area contributed by atoms with Gasteiger partial charge in [-0.05, 0) is 30.3 Å². The van der Waals surface area contributed by atoms with Crippen molar-refractivity contribution in [3.05, 3.63) is 53.6 Å². The van der Waals surface area contributed by atoms with E-state index in [1.165, 1.54) is 0 Å². The zero-order chi connectivity index (χ0) is 15.5. The maximum Gasteiger partial charge on any atom is 0.334 e. The van der Waals surface area contributed by atoms with Crippen LogP contribution in [0.15, 0.2) is 48.5 Å². The van der Waals surface area contributed by atoms with Gasteiger partial charge in [0.1, 0.15) is 6.04 Å². The van der Waals surface area contributed by atoms with Crippen molar-refractivity contribution >= 4 is 34.9 Å². The number of fused-ring (bicyclic) bond motifs is 1. The Balaban J connectivity index is 1.66. The molecule has 0 unspecified atom stereocenters. The van der Waals surface area contributed by atoms with Gasteiger partial charge in [0.25, 0.3) is 0 Å². The van der Waals surface area contributed by atoms with Crippen LogP contribution in [0.4, 0.5) is 11.4 Å². The summed E-state index contributed by atoms with van der Waals surface area (Å²) >= 11 is 5.86. The molecule has 0 saturated heterocycles. The van der Waals surface area contributed by atoms with Crippen LogP contribution in [0.25, 0.3) is 0 Å². The number of ether oxygens (including phenoxy) is 1. The van der Waals surface area contributed by atoms with Gasteiger partial charge in [0.05, 0.1) is 12.1 Å². The number of esters is 1. The molecule has 2 aromatic carbocycles. The number of hydrogen-bond acceptors (Lipinski definition) is 4. The van der Waals surface area contributed by atoms with Crippen LogP contribution in [-0.4, -0.2) is 17.9 Å². The summed E-state index contributed by atoms with van der Waals surface area (Å²) in [6.45, 7) is 0. The number of nitrogens with one attached hydrogen (secondary N) is 2. The fourth-order valence-electron chi connectivity index (χ4n) is 2.20. The lowest BCUT2D eigenvalue weighted by molar-refractivity contribution is -0.137. The zero-order valence-corrected chi connectivity index (χ0v) is 12.3. The van der Waals surface area contributed by atoms with Crippen molar-refractivity contribution in [3.8, 4) is 5.75 Å². The SMILES string of the molecule is O=C(C[C@H]1Nc2ccccc2OC1=O)Nc1cccc(Cl)c1. The highest BCUT2D eigenvalue weighted by Crippen LogP contribution is 2.29. The van der Waals surface area contributed by atoms with Gasteiger partial charge in [-0.1, -0.05) is 29.8 Å². The van der Waals surface area contributed by atoms with Gasteiger partial charge in [-0.25, -0.2) is 4.79 Å². The summed E-state index contributed by atoms with van der Waals surface area (Å²) in [4.78, 5) is 24.0. The van der Waals surface area contributed by atoms with Gasteiger partial charge in [0.15, 0.2) is 5.75 Å². The molecule has 3 rings (SSSR count). The molecule has 1 aliphatic heterocycles. The van der Waals surface area contributed by atoms with E-state index < -0.39 is 12.0 Å². The van der Waals surface area contributed by atoms with E-state index in [1.54, 1.807) is 42.5 Å². The topological polar surface area (TPSA) is 67.4 Å². The lowest BCUT2D eigenvalue weighted by Crippen LogP contribution is -2.39. The third kappa shape index (κ3) is 3.20. The van der Waals surface area contributed by atoms with Crippen LogP contribution in [0.5, 0.6) is 5.75 Å². The Morgan fingerprint density at radius 3 is 2.86 bits per heavy atom. The number of amides is 1. The second-order valence-electron chi connectivity index (χ2n) is 4.88. The van der Waals surface area contributed by atoms with Crippen LogP contribution >= 0.6 is 11.6 Å². The predicted molar refractivity (Wildman–Crippen MR) is 84.2 cm³/mol. The second kappa shape index (κ2) is 6.07. The number of anilines is 2. The molecule has 1 atom stereocenters. The molecule has 0 spiro atoms. The Morgan fingerprint density at radius 1 is 1.23 bits per heavy atom. The number of para-hydroxylation sites is 2. The lowest BCUT2D eigenvalue weighted by atomic mass is 10.1. The normalized spacial score (nSPS) is 16.2. The van der Waals surface area contributed by atoms with Crippen molar-refractivity contribution in [2.75, 3.05) is 10.6 Å². The van der Waals surface area contributed by atoms with Crippen LogP contribution in [0.2, 0.25) is 5.02 Å². The number of hydrogen-bond donors (Lipinski definition) is 2. The van der Waals surface area contributed by atoms with Crippen LogP contribution < -0.4 is 15.4 Å². The van der Waals surface area contributed by atoms with Crippen LogP contribution in [0.1, 0.15) is 6.42 Å². The van der Waals surface area contributed by atoms with Gasteiger partial charge < -0.3 is 15.4 Å². The first-order valence-electron chi connectivity index (χ1n) is 6.74. The van der Waals surface area contributed by atoms with Crippen molar-refractivity contribution in [1.29, 1.82) is 0 Å². The first-order valence-corrected chi connectivity index (χ1v) is 7.12. The molecular weight excluding hydrogens is 304 g/mol. The fraction of sp³-hybridized carbons (Fsp3) is 0.125. The average molecular weight is 317 g/mol. The van der Waals surface area contributed by atoms with Crippen molar-refractivity contribution in [2.45, 2.75) is 12.5 Å². The van der Waals surface area contributed by atoms with Gasteiger partial charge >= 0.3 is 5.97 Å². The van der Waals surface area contributed by atoms with Gasteiger partial charge in [-0.3, -0.25) is 4.79 Å². The van der Waals surface area contributed by atoms with E-state index in [2.05, 4.69) is 10.6 Å². The summed E-state index contributed by atoms with van der Waals surface area (Å²) < 4.78 is 5.21. The summed E-state index contributed by atoms with van der Waals surface area (Å²) in [6.07, 6.45) is -0.0281. The Kier molecular flexibility index (Phi) is 3.98. The van der Waals surface area contributed by atoms with E-state index in [1.807, 2.05) is 6.07 Å². The molecule has 2 N–H and O–H groups in total. The quantitative estimate of drug-likeness (QED) is 0.674. The van der Waals surface area contributed by atoms with Gasteiger partial charge in [-0.2, -0.15) is 0 Å². The largest absolute Gasteiger partial charge is 0.423 e. The first kappa shape index (κ1) is 14.4. The summed E-state index contributed by atoms with van der Waals surface area (Å²) in [7, 11) is 0. The summed E-state index contributed by atoms with van der Waals surface area (Å²) in [5.74, 6) is -0.296. The molecule has 0 radical (unpaired) electrons. The summed E-state index contributed by atoms with van der Waals surface area (Å²) in [6, 6.07) is 13.2. The highest BCUT2D eigenvalue weighted by atomic mass is 35.5. The van der Waals surface area contributed by atoms with Crippen molar-refractivity contribution in [3.63, 3.8) is 0 Å². The lowest BCUT2D eigenvalue weighted by Gasteiger charge is -2.25. The molecular formula is C16H13ClN2O3. The molecule has 6 heteroatoms. The maximum absolute atomic E-state index is 12.0. The molecule has 0 bridgehead atoms. The number of carbonyl (C=O) groups is 2. The van der Waals surface area contributed by atoms with Crippen LogP contribution in [0, 0.1) is 0 Å². The smallest absolute Gasteiger partial charge is 0.334 e. The van der Waals surface area contributed by atoms with Gasteiger partial charge in [0, 0.05) is 10.7 Å². The third-order valence-corrected chi connectivity index (χ3v) is 3.44. The first-order chi connectivity index (χ1) is 10.6. The Morgan fingerprint density at radius 2 is 2.05 bits per heavy atom. The van der Waals surface area contributed by atoms with E-state index in [0.29, 0.717) is 22.1 Å². The van der Waals surface area contributed by atoms with E-state index in [9.17, 15) is 9.59 Å². The number of carbonyl (C=O) groups excluding carboxylic acids is 2. The average Bonchev–Trinajstić information content (AvgIpc) is 2.48. The van der Waals surface area contributed by atoms with Crippen molar-refractivity contribution in [1.82, 2.24) is 0 Å². The molecule has 0 aliphatic carbocycles. The summed E-state index contributed by atoms with van der Waals surface area (Å²) in [5, 5.41) is 6.25. The molecule has 112 valence electrons. The van der Waals surface area contributed by atoms with Crippen molar-refractivity contribution < 1.29 is 14.3 Å². The highest BCUT2D eigenvalue weighted by Gasteiger charge is 2.29. The standard InChI is InChI=1S/C16H13ClN2O3/c17-10-4-3-5-11(8-10)18-15(20)9-13-16(21)22-14-7-2-1-6-12(14)19-13/h1-8,13,19H,9H2,(H,18,20)/t13-/m1/s1. The van der Waals surface area contributed by atoms with E-state index in [-0.39, 0.29) is 12.3 Å². The minimum atomic E-state index is -0.714. The Hall–Kier alpha value is -2.53. The number of halogens is 1. The number of benzene rings is 2. The zero-order valence-electron chi connectivity index (χ0n) is 11.5. The fourth-order valence-corrected chi connectivity index (χ4v) is 2.39. The van der Waals surface area contributed by atoms with Crippen molar-refractivity contribution in [2.24, 2.45) is 0 Å². The monoisotopic (exact) mass is 316 g/mol. The van der Waals surface area contributed by atoms with Gasteiger partial charge in [0.2, 0.25) is 5.91 Å². The van der Waals surface area contributed by atoms with E-state index >= 15 is 0 Å². The number of rotatable bonds is 3. The molecule has 2 aromatic rings. The summed E-state index contributed by atoms with van der Waals surface area (Å²) in [5.41, 5.74) is 1.28. The predicted octanol–water partition coefficient (Wildman–Crippen LogP) is 3.07. The Labute approximate surface area is 132 Å². The Bertz CT molecular complexity index is 733. The van der Waals surface area contributed by atoms with E-state index in [4.69, 9.17) is 16.3 Å². The molecule has 1 amide bonds. The van der Waals surface area contributed by atoms with Crippen LogP contribution in [-0.2, 0) is 9.59 Å². The minimum Gasteiger partial charge on any atom is -0.423 e. The van der Waals surface area contributed by atoms with Gasteiger partial charge in [-0.15, -0.1) is 0 Å². The minimum absolute atomic E-state index is 0.0281. The molecule has 0 saturated carbocycles. The highest BCUT2D eigenvalue weighted by molar-refractivity contribution is 6.30. The maximum atomic E-state index is 12.0. The van der Waals surface area contributed by atoms with Crippen LogP contribution in [0.3, 0.4) is 0 Å². The third-order valence-electron chi connectivity index (χ3n) is 3.21. The molecule has 22 heavy (non-hydrogen) atoms.